The Hall–Kier alpha value is -3.04. The van der Waals surface area contributed by atoms with Crippen LogP contribution in [0.3, 0.4) is 0 Å². The molecule has 1 aliphatic carbocycles. The van der Waals surface area contributed by atoms with Crippen LogP contribution in [0, 0.1) is 0 Å². The molecule has 2 heterocycles. The fourth-order valence-electron chi connectivity index (χ4n) is 4.89. The summed E-state index contributed by atoms with van der Waals surface area (Å²) in [5.74, 6) is 1.52. The smallest absolute Gasteiger partial charge is 0.141 e. The maximum atomic E-state index is 5.01. The highest BCUT2D eigenvalue weighted by Crippen LogP contribution is 2.51. The third-order valence-corrected chi connectivity index (χ3v) is 7.70. The van der Waals surface area contributed by atoms with Gasteiger partial charge in [-0.15, -0.1) is 11.8 Å². The second-order valence-corrected chi connectivity index (χ2v) is 9.76. The number of hydrogen-bond donors (Lipinski definition) is 0. The quantitative estimate of drug-likeness (QED) is 0.339. The zero-order chi connectivity index (χ0) is 20.9. The lowest BCUT2D eigenvalue weighted by Gasteiger charge is -2.15. The van der Waals surface area contributed by atoms with Crippen molar-refractivity contribution < 1.29 is 0 Å². The van der Waals surface area contributed by atoms with Gasteiger partial charge in [0.25, 0.3) is 0 Å². The van der Waals surface area contributed by atoms with Crippen molar-refractivity contribution in [3.63, 3.8) is 0 Å². The van der Waals surface area contributed by atoms with Crippen LogP contribution < -0.4 is 0 Å². The molecular weight excluding hydrogens is 396 g/mol. The first-order valence-electron chi connectivity index (χ1n) is 10.9. The number of nitrogens with zero attached hydrogens (tertiary/aromatic N) is 2. The van der Waals surface area contributed by atoms with Gasteiger partial charge in [0, 0.05) is 27.7 Å². The van der Waals surface area contributed by atoms with Crippen LogP contribution in [-0.4, -0.2) is 14.8 Å². The summed E-state index contributed by atoms with van der Waals surface area (Å²) in [6.45, 7) is 4.45. The van der Waals surface area contributed by atoms with E-state index in [1.54, 1.807) is 0 Å². The van der Waals surface area contributed by atoms with Crippen molar-refractivity contribution >= 4 is 22.8 Å². The van der Waals surface area contributed by atoms with E-state index in [-0.39, 0.29) is 0 Å². The van der Waals surface area contributed by atoms with Gasteiger partial charge in [0.05, 0.1) is 11.0 Å². The van der Waals surface area contributed by atoms with Gasteiger partial charge in [-0.2, -0.15) is 0 Å². The Labute approximate surface area is 187 Å². The van der Waals surface area contributed by atoms with Crippen LogP contribution >= 0.6 is 11.8 Å². The van der Waals surface area contributed by atoms with E-state index in [1.165, 1.54) is 32.7 Å². The van der Waals surface area contributed by atoms with E-state index in [9.17, 15) is 0 Å². The summed E-state index contributed by atoms with van der Waals surface area (Å²) >= 11 is 2.00. The Morgan fingerprint density at radius 3 is 2.58 bits per heavy atom. The van der Waals surface area contributed by atoms with E-state index in [0.717, 1.165) is 11.3 Å². The van der Waals surface area contributed by atoms with Crippen LogP contribution in [0.4, 0.5) is 0 Å². The van der Waals surface area contributed by atoms with Crippen LogP contribution in [0.1, 0.15) is 31.4 Å². The highest BCUT2D eigenvalue weighted by molar-refractivity contribution is 8.00. The predicted octanol–water partition coefficient (Wildman–Crippen LogP) is 7.64. The summed E-state index contributed by atoms with van der Waals surface area (Å²) in [5.41, 5.74) is 7.45. The maximum absolute atomic E-state index is 5.01. The summed E-state index contributed by atoms with van der Waals surface area (Å²) in [6.07, 6.45) is 9.03. The third-order valence-electron chi connectivity index (χ3n) is 6.29. The van der Waals surface area contributed by atoms with Crippen molar-refractivity contribution in [1.82, 2.24) is 9.55 Å². The molecule has 0 N–H and O–H groups in total. The third kappa shape index (κ3) is 2.99. The van der Waals surface area contributed by atoms with Gasteiger partial charge in [-0.1, -0.05) is 72.8 Å². The Morgan fingerprint density at radius 2 is 1.68 bits per heavy atom. The molecule has 3 heteroatoms. The van der Waals surface area contributed by atoms with Crippen LogP contribution in [0.5, 0.6) is 0 Å². The summed E-state index contributed by atoms with van der Waals surface area (Å²) < 4.78 is 2.35. The number of allylic oxidation sites excluding steroid dienone is 3. The molecule has 0 radical (unpaired) electrons. The van der Waals surface area contributed by atoms with Gasteiger partial charge in [0.2, 0.25) is 0 Å². The van der Waals surface area contributed by atoms with Gasteiger partial charge in [0.15, 0.2) is 0 Å². The van der Waals surface area contributed by atoms with E-state index in [4.69, 9.17) is 4.98 Å². The van der Waals surface area contributed by atoms with Crippen LogP contribution in [0.2, 0.25) is 0 Å². The summed E-state index contributed by atoms with van der Waals surface area (Å²) in [4.78, 5) is 6.43. The lowest BCUT2D eigenvalue weighted by molar-refractivity contribution is 0.624. The van der Waals surface area contributed by atoms with Crippen molar-refractivity contribution in [3.8, 4) is 22.5 Å². The minimum absolute atomic E-state index is 0.337. The molecule has 0 bridgehead atoms. The average Bonchev–Trinajstić information content (AvgIpc) is 3.38. The minimum Gasteiger partial charge on any atom is -0.321 e. The van der Waals surface area contributed by atoms with E-state index in [2.05, 4.69) is 109 Å². The van der Waals surface area contributed by atoms with E-state index in [1.807, 2.05) is 11.8 Å². The predicted molar refractivity (Wildman–Crippen MR) is 132 cm³/mol. The molecule has 0 spiro atoms. The topological polar surface area (TPSA) is 17.8 Å². The van der Waals surface area contributed by atoms with Crippen LogP contribution in [0.25, 0.3) is 33.5 Å². The molecule has 0 saturated carbocycles. The van der Waals surface area contributed by atoms with Gasteiger partial charge in [-0.05, 0) is 48.7 Å². The molecule has 1 aliphatic heterocycles. The minimum atomic E-state index is 0.337. The van der Waals surface area contributed by atoms with Gasteiger partial charge in [-0.25, -0.2) is 4.98 Å². The van der Waals surface area contributed by atoms with Crippen molar-refractivity contribution in [2.45, 2.75) is 36.0 Å². The second-order valence-electron chi connectivity index (χ2n) is 8.57. The standard InChI is InChI=1S/C28H24N2S/c1-18(2)30-25-15-5-4-14-24(25)29-28(30)20-10-7-9-19(17-20)21-12-8-13-23-22-11-3-6-16-26(22)31-27(21)23/h3-18,22,26H,1-2H3. The van der Waals surface area contributed by atoms with Crippen molar-refractivity contribution in [2.24, 2.45) is 0 Å². The number of para-hydroxylation sites is 2. The molecule has 4 aromatic rings. The van der Waals surface area contributed by atoms with Gasteiger partial charge in [-0.3, -0.25) is 0 Å². The number of imidazole rings is 1. The fraction of sp³-hybridized carbons (Fsp3) is 0.179. The van der Waals surface area contributed by atoms with Gasteiger partial charge in [0.1, 0.15) is 5.82 Å². The molecule has 6 rings (SSSR count). The van der Waals surface area contributed by atoms with Gasteiger partial charge < -0.3 is 4.57 Å². The average molecular weight is 421 g/mol. The molecule has 0 fully saturated rings. The summed E-state index contributed by atoms with van der Waals surface area (Å²) in [5, 5.41) is 0.509. The normalized spacial score (nSPS) is 19.2. The lowest BCUT2D eigenvalue weighted by Crippen LogP contribution is -2.06. The Kier molecular flexibility index (Phi) is 4.39. The first kappa shape index (κ1) is 18.7. The molecular formula is C28H24N2S. The largest absolute Gasteiger partial charge is 0.321 e. The summed E-state index contributed by atoms with van der Waals surface area (Å²) in [7, 11) is 0. The van der Waals surface area contributed by atoms with Crippen molar-refractivity contribution in [2.75, 3.05) is 0 Å². The molecule has 1 aromatic heterocycles. The molecule has 2 aliphatic rings. The van der Waals surface area contributed by atoms with E-state index >= 15 is 0 Å². The van der Waals surface area contributed by atoms with Gasteiger partial charge >= 0.3 is 0 Å². The second kappa shape index (κ2) is 7.28. The van der Waals surface area contributed by atoms with E-state index in [0.29, 0.717) is 17.2 Å². The highest BCUT2D eigenvalue weighted by atomic mass is 32.2. The number of benzene rings is 3. The molecule has 0 amide bonds. The highest BCUT2D eigenvalue weighted by Gasteiger charge is 2.32. The SMILES string of the molecule is CC(C)n1c(-c2cccc(-c3cccc4c3SC3C=CC=CC43)c2)nc2ccccc21. The number of fused-ring (bicyclic) bond motifs is 4. The maximum Gasteiger partial charge on any atom is 0.141 e. The molecule has 2 unspecified atom stereocenters. The van der Waals surface area contributed by atoms with E-state index < -0.39 is 0 Å². The Morgan fingerprint density at radius 1 is 0.871 bits per heavy atom. The first-order chi connectivity index (χ1) is 15.2. The fourth-order valence-corrected chi connectivity index (χ4v) is 6.37. The van der Waals surface area contributed by atoms with Crippen LogP contribution in [0.15, 0.2) is 95.9 Å². The number of rotatable bonds is 3. The van der Waals surface area contributed by atoms with Crippen molar-refractivity contribution in [3.05, 3.63) is 96.6 Å². The molecule has 0 saturated heterocycles. The summed E-state index contributed by atoms with van der Waals surface area (Å²) in [6, 6.07) is 24.4. The van der Waals surface area contributed by atoms with Crippen molar-refractivity contribution in [1.29, 1.82) is 0 Å². The van der Waals surface area contributed by atoms with Crippen LogP contribution in [-0.2, 0) is 0 Å². The Balaban J connectivity index is 1.49. The monoisotopic (exact) mass is 420 g/mol. The zero-order valence-corrected chi connectivity index (χ0v) is 18.5. The lowest BCUT2D eigenvalue weighted by atomic mass is 9.90. The zero-order valence-electron chi connectivity index (χ0n) is 17.7. The molecule has 3 aromatic carbocycles. The first-order valence-corrected chi connectivity index (χ1v) is 11.8. The number of thioether (sulfide) groups is 1. The Bertz CT molecular complexity index is 1360. The molecule has 2 nitrogen and oxygen atoms in total. The molecule has 2 atom stereocenters. The number of aromatic nitrogens is 2. The molecule has 152 valence electrons. The number of hydrogen-bond acceptors (Lipinski definition) is 2. The molecule has 31 heavy (non-hydrogen) atoms.